The number of ether oxygens (including phenoxy) is 1. The first-order valence-electron chi connectivity index (χ1n) is 9.69. The molecule has 2 aromatic carbocycles. The molecule has 0 bridgehead atoms. The van der Waals surface area contributed by atoms with Gasteiger partial charge in [-0.2, -0.15) is 5.10 Å². The van der Waals surface area contributed by atoms with E-state index in [1.807, 2.05) is 6.07 Å². The molecule has 1 heterocycles. The van der Waals surface area contributed by atoms with Gasteiger partial charge in [0.05, 0.1) is 11.4 Å². The summed E-state index contributed by atoms with van der Waals surface area (Å²) in [5.41, 5.74) is 0.0905. The Hall–Kier alpha value is -3.75. The van der Waals surface area contributed by atoms with Crippen LogP contribution in [0.4, 0.5) is 26.2 Å². The summed E-state index contributed by atoms with van der Waals surface area (Å²) >= 11 is 0. The van der Waals surface area contributed by atoms with Gasteiger partial charge in [0.2, 0.25) is 5.91 Å². The number of anilines is 3. The SMILES string of the molecule is CC(C)(C)OC(=O)Nc1cc(NC(=O)C2=NN(c3ccccc3)C(=O)CC2)ccc1F. The Bertz CT molecular complexity index is 1030. The molecule has 0 atom stereocenters. The molecule has 8 nitrogen and oxygen atoms in total. The monoisotopic (exact) mass is 426 g/mol. The van der Waals surface area contributed by atoms with Crippen LogP contribution in [0.5, 0.6) is 0 Å². The summed E-state index contributed by atoms with van der Waals surface area (Å²) in [6, 6.07) is 12.5. The summed E-state index contributed by atoms with van der Waals surface area (Å²) in [5, 5.41) is 10.3. The number of hydrogen-bond donors (Lipinski definition) is 2. The van der Waals surface area contributed by atoms with Gasteiger partial charge in [0.1, 0.15) is 17.1 Å². The number of rotatable bonds is 4. The molecule has 31 heavy (non-hydrogen) atoms. The molecule has 1 aliphatic rings. The van der Waals surface area contributed by atoms with Crippen LogP contribution in [0.2, 0.25) is 0 Å². The van der Waals surface area contributed by atoms with Gasteiger partial charge in [-0.05, 0) is 51.1 Å². The average molecular weight is 426 g/mol. The molecule has 3 amide bonds. The predicted molar refractivity (Wildman–Crippen MR) is 115 cm³/mol. The summed E-state index contributed by atoms with van der Waals surface area (Å²) < 4.78 is 19.2. The van der Waals surface area contributed by atoms with Crippen molar-refractivity contribution in [2.75, 3.05) is 15.6 Å². The van der Waals surface area contributed by atoms with Crippen LogP contribution in [0.15, 0.2) is 53.6 Å². The van der Waals surface area contributed by atoms with E-state index in [0.717, 1.165) is 6.07 Å². The maximum Gasteiger partial charge on any atom is 0.412 e. The van der Waals surface area contributed by atoms with Gasteiger partial charge < -0.3 is 10.1 Å². The molecule has 0 saturated carbocycles. The van der Waals surface area contributed by atoms with Crippen LogP contribution < -0.4 is 15.6 Å². The number of nitrogens with zero attached hydrogens (tertiary/aromatic N) is 2. The maximum absolute atomic E-state index is 14.1. The third kappa shape index (κ3) is 5.88. The van der Waals surface area contributed by atoms with E-state index in [-0.39, 0.29) is 35.8 Å². The highest BCUT2D eigenvalue weighted by Gasteiger charge is 2.26. The van der Waals surface area contributed by atoms with Crippen molar-refractivity contribution in [3.05, 3.63) is 54.3 Å². The summed E-state index contributed by atoms with van der Waals surface area (Å²) in [6.07, 6.45) is -0.502. The minimum absolute atomic E-state index is 0.135. The molecule has 0 radical (unpaired) electrons. The van der Waals surface area contributed by atoms with Crippen molar-refractivity contribution >= 4 is 40.7 Å². The number of amides is 3. The highest BCUT2D eigenvalue weighted by molar-refractivity contribution is 6.44. The lowest BCUT2D eigenvalue weighted by molar-refractivity contribution is -0.118. The molecule has 0 fully saturated rings. The standard InChI is InChI=1S/C22H23FN4O4/c1-22(2,3)31-21(30)25-18-13-14(9-10-16(18)23)24-20(29)17-11-12-19(28)27(26-17)15-7-5-4-6-8-15/h4-10,13H,11-12H2,1-3H3,(H,24,29)(H,25,30). The molecule has 0 aliphatic carbocycles. The number of hydrogen-bond acceptors (Lipinski definition) is 5. The van der Waals surface area contributed by atoms with Crippen molar-refractivity contribution < 1.29 is 23.5 Å². The van der Waals surface area contributed by atoms with Gasteiger partial charge in [0.25, 0.3) is 5.91 Å². The Morgan fingerprint density at radius 2 is 1.77 bits per heavy atom. The zero-order chi connectivity index (χ0) is 22.6. The largest absolute Gasteiger partial charge is 0.444 e. The smallest absolute Gasteiger partial charge is 0.412 e. The highest BCUT2D eigenvalue weighted by atomic mass is 19.1. The molecular weight excluding hydrogens is 403 g/mol. The number of carbonyl (C=O) groups excluding carboxylic acids is 3. The number of hydrazone groups is 1. The first-order valence-corrected chi connectivity index (χ1v) is 9.69. The van der Waals surface area contributed by atoms with Crippen LogP contribution in [0.25, 0.3) is 0 Å². The molecular formula is C22H23FN4O4. The Morgan fingerprint density at radius 1 is 1.06 bits per heavy atom. The molecule has 2 aromatic rings. The summed E-state index contributed by atoms with van der Waals surface area (Å²) in [4.78, 5) is 36.8. The van der Waals surface area contributed by atoms with E-state index >= 15 is 0 Å². The lowest BCUT2D eigenvalue weighted by Gasteiger charge is -2.23. The first kappa shape index (κ1) is 21.9. The number of halogens is 1. The molecule has 3 rings (SSSR count). The summed E-state index contributed by atoms with van der Waals surface area (Å²) in [6.45, 7) is 5.07. The maximum atomic E-state index is 14.1. The van der Waals surface area contributed by atoms with Crippen LogP contribution in [0.3, 0.4) is 0 Å². The van der Waals surface area contributed by atoms with Crippen molar-refractivity contribution in [3.63, 3.8) is 0 Å². The van der Waals surface area contributed by atoms with E-state index in [1.54, 1.807) is 45.0 Å². The fourth-order valence-electron chi connectivity index (χ4n) is 2.80. The van der Waals surface area contributed by atoms with Crippen LogP contribution in [-0.4, -0.2) is 29.2 Å². The van der Waals surface area contributed by atoms with Crippen molar-refractivity contribution in [3.8, 4) is 0 Å². The van der Waals surface area contributed by atoms with E-state index in [0.29, 0.717) is 5.69 Å². The zero-order valence-corrected chi connectivity index (χ0v) is 17.4. The predicted octanol–water partition coefficient (Wildman–Crippen LogP) is 4.29. The number of carbonyl (C=O) groups is 3. The van der Waals surface area contributed by atoms with Crippen LogP contribution in [0.1, 0.15) is 33.6 Å². The molecule has 0 unspecified atom stereocenters. The van der Waals surface area contributed by atoms with Gasteiger partial charge in [-0.25, -0.2) is 14.2 Å². The molecule has 9 heteroatoms. The van der Waals surface area contributed by atoms with Crippen molar-refractivity contribution in [2.24, 2.45) is 5.10 Å². The van der Waals surface area contributed by atoms with Crippen LogP contribution in [-0.2, 0) is 14.3 Å². The van der Waals surface area contributed by atoms with Crippen molar-refractivity contribution in [1.82, 2.24) is 0 Å². The van der Waals surface area contributed by atoms with Gasteiger partial charge in [0.15, 0.2) is 0 Å². The molecule has 0 saturated heterocycles. The van der Waals surface area contributed by atoms with Crippen LogP contribution >= 0.6 is 0 Å². The zero-order valence-electron chi connectivity index (χ0n) is 17.4. The van der Waals surface area contributed by atoms with E-state index in [1.165, 1.54) is 17.1 Å². The lowest BCUT2D eigenvalue weighted by Crippen LogP contribution is -2.36. The summed E-state index contributed by atoms with van der Waals surface area (Å²) in [7, 11) is 0. The number of benzene rings is 2. The fraction of sp³-hybridized carbons (Fsp3) is 0.273. The highest BCUT2D eigenvalue weighted by Crippen LogP contribution is 2.23. The van der Waals surface area contributed by atoms with Gasteiger partial charge in [0, 0.05) is 18.5 Å². The number of nitrogens with one attached hydrogen (secondary N) is 2. The Labute approximate surface area is 179 Å². The third-order valence-electron chi connectivity index (χ3n) is 4.16. The minimum atomic E-state index is -0.816. The Morgan fingerprint density at radius 3 is 2.45 bits per heavy atom. The molecule has 0 aromatic heterocycles. The second kappa shape index (κ2) is 8.95. The first-order chi connectivity index (χ1) is 14.6. The van der Waals surface area contributed by atoms with Gasteiger partial charge in [-0.1, -0.05) is 18.2 Å². The van der Waals surface area contributed by atoms with Crippen molar-refractivity contribution in [2.45, 2.75) is 39.2 Å². The van der Waals surface area contributed by atoms with Crippen LogP contribution in [0, 0.1) is 5.82 Å². The molecule has 2 N–H and O–H groups in total. The Kier molecular flexibility index (Phi) is 6.33. The number of para-hydroxylation sites is 1. The van der Waals surface area contributed by atoms with Gasteiger partial charge in [-0.15, -0.1) is 0 Å². The molecule has 162 valence electrons. The van der Waals surface area contributed by atoms with Crippen molar-refractivity contribution in [1.29, 1.82) is 0 Å². The Balaban J connectivity index is 1.74. The van der Waals surface area contributed by atoms with E-state index in [4.69, 9.17) is 4.74 Å². The van der Waals surface area contributed by atoms with Gasteiger partial charge >= 0.3 is 6.09 Å². The second-order valence-electron chi connectivity index (χ2n) is 7.86. The van der Waals surface area contributed by atoms with Gasteiger partial charge in [-0.3, -0.25) is 14.9 Å². The molecule has 1 aliphatic heterocycles. The minimum Gasteiger partial charge on any atom is -0.444 e. The lowest BCUT2D eigenvalue weighted by atomic mass is 10.1. The normalized spacial score (nSPS) is 14.0. The topological polar surface area (TPSA) is 100 Å². The fourth-order valence-corrected chi connectivity index (χ4v) is 2.80. The molecule has 0 spiro atoms. The van der Waals surface area contributed by atoms with E-state index < -0.39 is 23.4 Å². The third-order valence-corrected chi connectivity index (χ3v) is 4.16. The quantitative estimate of drug-likeness (QED) is 0.761. The second-order valence-corrected chi connectivity index (χ2v) is 7.86. The van der Waals surface area contributed by atoms with E-state index in [9.17, 15) is 18.8 Å². The van der Waals surface area contributed by atoms with E-state index in [2.05, 4.69) is 15.7 Å². The summed E-state index contributed by atoms with van der Waals surface area (Å²) in [5.74, 6) is -1.42. The average Bonchev–Trinajstić information content (AvgIpc) is 2.70.